The van der Waals surface area contributed by atoms with Crippen LogP contribution in [0.1, 0.15) is 26.2 Å². The van der Waals surface area contributed by atoms with E-state index in [1.54, 1.807) is 15.8 Å². The Kier molecular flexibility index (Phi) is 5.67. The van der Waals surface area contributed by atoms with Gasteiger partial charge in [-0.05, 0) is 9.76 Å². The van der Waals surface area contributed by atoms with E-state index in [0.29, 0.717) is 8.55 Å². The average molecular weight is 191 g/mol. The summed E-state index contributed by atoms with van der Waals surface area (Å²) in [5, 5.41) is 0. The Morgan fingerprint density at radius 1 is 1.30 bits per heavy atom. The van der Waals surface area contributed by atoms with Crippen molar-refractivity contribution in [3.8, 4) is 0 Å². The fourth-order valence-electron chi connectivity index (χ4n) is 1.03. The van der Waals surface area contributed by atoms with Crippen LogP contribution in [0.2, 0.25) is 19.1 Å². The molecular weight excluding hydrogens is 168 g/mol. The van der Waals surface area contributed by atoms with Crippen LogP contribution in [0, 0.1) is 0 Å². The van der Waals surface area contributed by atoms with E-state index in [2.05, 4.69) is 20.0 Å². The van der Waals surface area contributed by atoms with E-state index in [9.17, 15) is 0 Å². The van der Waals surface area contributed by atoms with Crippen molar-refractivity contribution >= 4 is 25.9 Å². The second kappa shape index (κ2) is 5.32. The minimum atomic E-state index is -0.514. The molecule has 0 aromatic heterocycles. The third-order valence-electron chi connectivity index (χ3n) is 2.41. The molecule has 0 nitrogen and oxygen atoms in total. The number of hydrogen-bond acceptors (Lipinski definition) is 0. The standard InChI is InChI=1S/C7H22Si3/c1-4-5-6-7-10(2,3)9-8/h4-7,9H2,1-3,8H3. The first kappa shape index (κ1) is 10.7. The van der Waals surface area contributed by atoms with E-state index in [1.807, 2.05) is 0 Å². The van der Waals surface area contributed by atoms with Crippen molar-refractivity contribution in [3.05, 3.63) is 0 Å². The maximum Gasteiger partial charge on any atom is 0.0306 e. The Hall–Kier alpha value is 0.651. The summed E-state index contributed by atoms with van der Waals surface area (Å²) in [6, 6.07) is 1.64. The SMILES string of the molecule is CCCCC[Si](C)(C)[SiH2][SiH3]. The van der Waals surface area contributed by atoms with Gasteiger partial charge in [0.1, 0.15) is 0 Å². The van der Waals surface area contributed by atoms with Gasteiger partial charge in [0, 0.05) is 16.1 Å². The predicted molar refractivity (Wildman–Crippen MR) is 60.3 cm³/mol. The second-order valence-electron chi connectivity index (χ2n) is 3.97. The van der Waals surface area contributed by atoms with Gasteiger partial charge in [-0.2, -0.15) is 0 Å². The van der Waals surface area contributed by atoms with Crippen LogP contribution in [-0.2, 0) is 0 Å². The molecule has 0 aliphatic rings. The lowest BCUT2D eigenvalue weighted by molar-refractivity contribution is 0.765. The summed E-state index contributed by atoms with van der Waals surface area (Å²) in [4.78, 5) is 0. The van der Waals surface area contributed by atoms with Crippen LogP contribution in [0.3, 0.4) is 0 Å². The highest BCUT2D eigenvalue weighted by molar-refractivity contribution is 7.39. The van der Waals surface area contributed by atoms with E-state index < -0.39 is 7.59 Å². The normalized spacial score (nSPS) is 13.5. The first-order valence-corrected chi connectivity index (χ1v) is 15.8. The van der Waals surface area contributed by atoms with Gasteiger partial charge in [0.15, 0.2) is 0 Å². The first-order chi connectivity index (χ1) is 4.62. The van der Waals surface area contributed by atoms with Crippen molar-refractivity contribution in [2.75, 3.05) is 0 Å². The largest absolute Gasteiger partial charge is 0.0720 e. The van der Waals surface area contributed by atoms with Crippen molar-refractivity contribution in [2.24, 2.45) is 0 Å². The number of hydrogen-bond donors (Lipinski definition) is 0. The summed E-state index contributed by atoms with van der Waals surface area (Å²) < 4.78 is 0. The molecule has 0 heterocycles. The molecule has 0 aliphatic heterocycles. The van der Waals surface area contributed by atoms with Gasteiger partial charge in [-0.1, -0.05) is 45.3 Å². The molecule has 0 bridgehead atoms. The molecule has 0 atom stereocenters. The summed E-state index contributed by atoms with van der Waals surface area (Å²) in [5.41, 5.74) is 0. The Labute approximate surface area is 71.6 Å². The average Bonchev–Trinajstić information content (AvgIpc) is 1.89. The molecule has 0 fully saturated rings. The lowest BCUT2D eigenvalue weighted by atomic mass is 10.3. The molecule has 62 valence electrons. The second-order valence-corrected chi connectivity index (χ2v) is 23.7. The monoisotopic (exact) mass is 190 g/mol. The summed E-state index contributed by atoms with van der Waals surface area (Å²) >= 11 is 0. The van der Waals surface area contributed by atoms with E-state index >= 15 is 0 Å². The topological polar surface area (TPSA) is 0 Å². The Balaban J connectivity index is 3.28. The molecular formula is C7H22Si3. The molecule has 0 rings (SSSR count). The van der Waals surface area contributed by atoms with Gasteiger partial charge in [-0.25, -0.2) is 0 Å². The van der Waals surface area contributed by atoms with Crippen LogP contribution in [0.25, 0.3) is 0 Å². The lowest BCUT2D eigenvalue weighted by Crippen LogP contribution is -2.34. The third kappa shape index (κ3) is 5.44. The van der Waals surface area contributed by atoms with Crippen LogP contribution in [-0.4, -0.2) is 25.9 Å². The molecule has 0 unspecified atom stereocenters. The quantitative estimate of drug-likeness (QED) is 0.445. The van der Waals surface area contributed by atoms with Crippen LogP contribution >= 0.6 is 0 Å². The fraction of sp³-hybridized carbons (Fsp3) is 1.00. The highest BCUT2D eigenvalue weighted by Gasteiger charge is 2.16. The van der Waals surface area contributed by atoms with Crippen molar-refractivity contribution in [3.63, 3.8) is 0 Å². The molecule has 0 amide bonds. The van der Waals surface area contributed by atoms with Gasteiger partial charge < -0.3 is 0 Å². The summed E-state index contributed by atoms with van der Waals surface area (Å²) in [7, 11) is 1.54. The Bertz CT molecular complexity index is 80.9. The van der Waals surface area contributed by atoms with Gasteiger partial charge in [-0.15, -0.1) is 0 Å². The summed E-state index contributed by atoms with van der Waals surface area (Å²) in [6.07, 6.45) is 4.41. The lowest BCUT2D eigenvalue weighted by Gasteiger charge is -2.18. The summed E-state index contributed by atoms with van der Waals surface area (Å²) in [5.74, 6) is 0. The molecule has 0 aliphatic carbocycles. The van der Waals surface area contributed by atoms with Gasteiger partial charge in [0.25, 0.3) is 0 Å². The van der Waals surface area contributed by atoms with Crippen LogP contribution < -0.4 is 0 Å². The maximum absolute atomic E-state index is 2.60. The minimum Gasteiger partial charge on any atom is -0.0720 e. The maximum atomic E-state index is 2.60. The molecule has 0 radical (unpaired) electrons. The molecule has 10 heavy (non-hydrogen) atoms. The zero-order valence-electron chi connectivity index (χ0n) is 8.04. The number of rotatable bonds is 5. The van der Waals surface area contributed by atoms with Gasteiger partial charge in [0.05, 0.1) is 0 Å². The van der Waals surface area contributed by atoms with Crippen LogP contribution in [0.15, 0.2) is 0 Å². The van der Waals surface area contributed by atoms with Crippen molar-refractivity contribution in [2.45, 2.75) is 45.3 Å². The highest BCUT2D eigenvalue weighted by Crippen LogP contribution is 2.11. The summed E-state index contributed by atoms with van der Waals surface area (Å²) in [6.45, 7) is 7.50. The molecule has 0 spiro atoms. The molecule has 0 saturated heterocycles. The molecule has 0 aromatic rings. The minimum absolute atomic E-state index is 0.492. The van der Waals surface area contributed by atoms with Crippen molar-refractivity contribution in [1.82, 2.24) is 0 Å². The van der Waals surface area contributed by atoms with E-state index in [1.165, 1.54) is 19.3 Å². The fourth-order valence-corrected chi connectivity index (χ4v) is 7.58. The van der Waals surface area contributed by atoms with E-state index in [4.69, 9.17) is 0 Å². The van der Waals surface area contributed by atoms with Crippen LogP contribution in [0.4, 0.5) is 0 Å². The van der Waals surface area contributed by atoms with E-state index in [-0.39, 0.29) is 0 Å². The Morgan fingerprint density at radius 2 is 1.90 bits per heavy atom. The first-order valence-electron chi connectivity index (χ1n) is 4.62. The smallest absolute Gasteiger partial charge is 0.0306 e. The van der Waals surface area contributed by atoms with Gasteiger partial charge in [-0.3, -0.25) is 0 Å². The zero-order valence-corrected chi connectivity index (χ0v) is 12.4. The number of unbranched alkanes of at least 4 members (excludes halogenated alkanes) is 2. The van der Waals surface area contributed by atoms with Crippen molar-refractivity contribution < 1.29 is 0 Å². The molecule has 3 heteroatoms. The van der Waals surface area contributed by atoms with E-state index in [0.717, 1.165) is 0 Å². The molecule has 0 aromatic carbocycles. The van der Waals surface area contributed by atoms with Gasteiger partial charge >= 0.3 is 0 Å². The molecule has 0 saturated carbocycles. The molecule has 0 N–H and O–H groups in total. The predicted octanol–water partition coefficient (Wildman–Crippen LogP) is 0.831. The third-order valence-corrected chi connectivity index (χ3v) is 30.1. The zero-order chi connectivity index (χ0) is 8.04. The Morgan fingerprint density at radius 3 is 2.30 bits per heavy atom. The highest BCUT2D eigenvalue weighted by atomic mass is 29.5. The van der Waals surface area contributed by atoms with Gasteiger partial charge in [0.2, 0.25) is 0 Å². The van der Waals surface area contributed by atoms with Crippen molar-refractivity contribution in [1.29, 1.82) is 0 Å². The van der Waals surface area contributed by atoms with Crippen LogP contribution in [0.5, 0.6) is 0 Å².